The fraction of sp³-hybridized carbons (Fsp3) is 0.179. The Labute approximate surface area is 231 Å². The number of methoxy groups -OCH3 is 5. The van der Waals surface area contributed by atoms with Crippen molar-refractivity contribution in [3.05, 3.63) is 74.6 Å². The third-order valence-electron chi connectivity index (χ3n) is 6.18. The predicted octanol–water partition coefficient (Wildman–Crippen LogP) is 4.34. The minimum absolute atomic E-state index is 0.0945. The summed E-state index contributed by atoms with van der Waals surface area (Å²) < 4.78 is 28.9. The molecule has 10 nitrogen and oxygen atoms in total. The highest BCUT2D eigenvalue weighted by atomic mass is 79.9. The number of nitrogens with two attached hydrogens (primary N) is 1. The molecule has 11 heteroatoms. The summed E-state index contributed by atoms with van der Waals surface area (Å²) in [5.41, 5.74) is 6.06. The Balaban J connectivity index is 2.30. The molecule has 0 aliphatic rings. The number of primary amides is 1. The zero-order chi connectivity index (χ0) is 28.4. The molecule has 39 heavy (non-hydrogen) atoms. The quantitative estimate of drug-likeness (QED) is 0.297. The Morgan fingerprint density at radius 2 is 1.46 bits per heavy atom. The van der Waals surface area contributed by atoms with Gasteiger partial charge in [-0.2, -0.15) is 0 Å². The molecule has 0 radical (unpaired) electrons. The van der Waals surface area contributed by atoms with E-state index < -0.39 is 17.4 Å². The molecule has 4 rings (SSSR count). The highest BCUT2D eigenvalue weighted by molar-refractivity contribution is 9.10. The lowest BCUT2D eigenvalue weighted by Gasteiger charge is -2.21. The summed E-state index contributed by atoms with van der Waals surface area (Å²) >= 11 is 3.51. The Morgan fingerprint density at radius 3 is 2.03 bits per heavy atom. The van der Waals surface area contributed by atoms with E-state index in [1.54, 1.807) is 30.3 Å². The second-order valence-corrected chi connectivity index (χ2v) is 9.07. The average Bonchev–Trinajstić information content (AvgIpc) is 2.95. The molecule has 0 spiro atoms. The number of carbonyl (C=O) groups is 2. The molecule has 1 aromatic heterocycles. The molecule has 202 valence electrons. The van der Waals surface area contributed by atoms with Crippen molar-refractivity contribution >= 4 is 38.6 Å². The van der Waals surface area contributed by atoms with Gasteiger partial charge in [-0.25, -0.2) is 4.79 Å². The van der Waals surface area contributed by atoms with Crippen molar-refractivity contribution in [2.45, 2.75) is 0 Å². The maximum atomic E-state index is 14.1. The van der Waals surface area contributed by atoms with Crippen LogP contribution in [0.25, 0.3) is 27.6 Å². The monoisotopic (exact) mass is 596 g/mol. The number of aromatic nitrogens is 1. The van der Waals surface area contributed by atoms with Gasteiger partial charge in [0.05, 0.1) is 51.1 Å². The Morgan fingerprint density at radius 1 is 0.821 bits per heavy atom. The topological polar surface area (TPSA) is 128 Å². The zero-order valence-corrected chi connectivity index (χ0v) is 23.4. The zero-order valence-electron chi connectivity index (χ0n) is 21.8. The SMILES string of the molecule is COC(=O)c1c(-c2cc(Br)c(OC)c(OC)c2)c2cc(OC)c(OC)cc2c(=O)n1-c1cccc(C(N)=O)c1. The number of hydrogen-bond acceptors (Lipinski definition) is 8. The van der Waals surface area contributed by atoms with E-state index in [-0.39, 0.29) is 22.3 Å². The Hall–Kier alpha value is -4.51. The predicted molar refractivity (Wildman–Crippen MR) is 149 cm³/mol. The molecule has 0 saturated heterocycles. The van der Waals surface area contributed by atoms with Gasteiger partial charge in [0.25, 0.3) is 5.56 Å². The maximum Gasteiger partial charge on any atom is 0.355 e. The number of nitrogens with zero attached hydrogens (tertiary/aromatic N) is 1. The third-order valence-corrected chi connectivity index (χ3v) is 6.77. The van der Waals surface area contributed by atoms with Crippen LogP contribution in [0.4, 0.5) is 0 Å². The van der Waals surface area contributed by atoms with E-state index in [1.165, 1.54) is 58.3 Å². The number of hydrogen-bond donors (Lipinski definition) is 1. The Bertz CT molecular complexity index is 1680. The highest BCUT2D eigenvalue weighted by Gasteiger charge is 2.28. The molecule has 1 amide bonds. The van der Waals surface area contributed by atoms with Gasteiger partial charge >= 0.3 is 5.97 Å². The summed E-state index contributed by atoms with van der Waals surface area (Å²) in [6.45, 7) is 0. The summed E-state index contributed by atoms with van der Waals surface area (Å²) in [7, 11) is 7.12. The van der Waals surface area contributed by atoms with Crippen molar-refractivity contribution in [2.24, 2.45) is 5.73 Å². The molecule has 1 heterocycles. The summed E-state index contributed by atoms with van der Waals surface area (Å²) in [5.74, 6) is -0.0269. The average molecular weight is 597 g/mol. The first-order valence-corrected chi connectivity index (χ1v) is 12.2. The van der Waals surface area contributed by atoms with Gasteiger partial charge < -0.3 is 29.4 Å². The molecule has 4 aromatic rings. The highest BCUT2D eigenvalue weighted by Crippen LogP contribution is 2.44. The van der Waals surface area contributed by atoms with Crippen molar-refractivity contribution in [2.75, 3.05) is 35.5 Å². The fourth-order valence-electron chi connectivity index (χ4n) is 4.41. The summed E-state index contributed by atoms with van der Waals surface area (Å²) in [6.07, 6.45) is 0. The molecule has 2 N–H and O–H groups in total. The van der Waals surface area contributed by atoms with Gasteiger partial charge in [-0.3, -0.25) is 14.2 Å². The first-order valence-electron chi connectivity index (χ1n) is 11.5. The molecular weight excluding hydrogens is 572 g/mol. The molecule has 3 aromatic carbocycles. The molecular formula is C28H25BrN2O8. The summed E-state index contributed by atoms with van der Waals surface area (Å²) in [5, 5.41) is 0.602. The van der Waals surface area contributed by atoms with Gasteiger partial charge in [-0.05, 0) is 64.0 Å². The van der Waals surface area contributed by atoms with Gasteiger partial charge in [0.1, 0.15) is 5.69 Å². The van der Waals surface area contributed by atoms with Crippen LogP contribution in [0, 0.1) is 0 Å². The van der Waals surface area contributed by atoms with Crippen molar-refractivity contribution in [3.8, 4) is 39.8 Å². The first-order chi connectivity index (χ1) is 18.7. The number of esters is 1. The minimum atomic E-state index is -0.797. The molecule has 0 unspecified atom stereocenters. The van der Waals surface area contributed by atoms with Gasteiger partial charge in [0, 0.05) is 16.5 Å². The van der Waals surface area contributed by atoms with E-state index in [0.29, 0.717) is 44.0 Å². The lowest BCUT2D eigenvalue weighted by atomic mass is 9.95. The van der Waals surface area contributed by atoms with Crippen molar-refractivity contribution < 1.29 is 33.3 Å². The number of benzene rings is 3. The molecule has 0 bridgehead atoms. The van der Waals surface area contributed by atoms with Crippen LogP contribution < -0.4 is 30.2 Å². The van der Waals surface area contributed by atoms with Crippen LogP contribution in [0.2, 0.25) is 0 Å². The normalized spacial score (nSPS) is 10.7. The van der Waals surface area contributed by atoms with E-state index in [4.69, 9.17) is 29.4 Å². The first kappa shape index (κ1) is 27.5. The van der Waals surface area contributed by atoms with E-state index >= 15 is 0 Å². The number of rotatable bonds is 8. The van der Waals surface area contributed by atoms with Crippen LogP contribution >= 0.6 is 15.9 Å². The summed E-state index contributed by atoms with van der Waals surface area (Å²) in [4.78, 5) is 39.5. The second-order valence-electron chi connectivity index (χ2n) is 8.22. The maximum absolute atomic E-state index is 14.1. The lowest BCUT2D eigenvalue weighted by Crippen LogP contribution is -2.27. The van der Waals surface area contributed by atoms with Crippen molar-refractivity contribution in [1.82, 2.24) is 4.57 Å². The number of halogens is 1. The van der Waals surface area contributed by atoms with E-state index in [0.717, 1.165) is 0 Å². The van der Waals surface area contributed by atoms with Crippen LogP contribution in [-0.4, -0.2) is 52.0 Å². The van der Waals surface area contributed by atoms with Gasteiger partial charge in [-0.15, -0.1) is 0 Å². The number of ether oxygens (including phenoxy) is 5. The van der Waals surface area contributed by atoms with Crippen LogP contribution in [0.5, 0.6) is 23.0 Å². The molecule has 0 aliphatic heterocycles. The Kier molecular flexibility index (Phi) is 7.82. The largest absolute Gasteiger partial charge is 0.493 e. The fourth-order valence-corrected chi connectivity index (χ4v) is 5.02. The number of fused-ring (bicyclic) bond motifs is 1. The van der Waals surface area contributed by atoms with Crippen LogP contribution in [-0.2, 0) is 4.74 Å². The van der Waals surface area contributed by atoms with Crippen LogP contribution in [0.3, 0.4) is 0 Å². The lowest BCUT2D eigenvalue weighted by molar-refractivity contribution is 0.0591. The number of pyridine rings is 1. The standard InChI is InChI=1S/C28H25BrN2O8/c1-35-20-12-17-18(13-21(20)36-2)27(33)31(16-8-6-7-14(9-16)26(30)32)24(28(34)39-5)23(17)15-10-19(29)25(38-4)22(11-15)37-3/h6-13H,1-5H3,(H2,30,32). The smallest absolute Gasteiger partial charge is 0.355 e. The van der Waals surface area contributed by atoms with E-state index in [9.17, 15) is 14.4 Å². The van der Waals surface area contributed by atoms with Crippen molar-refractivity contribution in [3.63, 3.8) is 0 Å². The van der Waals surface area contributed by atoms with Crippen LogP contribution in [0.1, 0.15) is 20.8 Å². The van der Waals surface area contributed by atoms with Gasteiger partial charge in [-0.1, -0.05) is 6.07 Å². The number of carbonyl (C=O) groups excluding carboxylic acids is 2. The van der Waals surface area contributed by atoms with E-state index in [1.807, 2.05) is 0 Å². The minimum Gasteiger partial charge on any atom is -0.493 e. The third kappa shape index (κ3) is 4.76. The van der Waals surface area contributed by atoms with E-state index in [2.05, 4.69) is 15.9 Å². The second kappa shape index (κ2) is 11.1. The van der Waals surface area contributed by atoms with Gasteiger partial charge in [0.2, 0.25) is 5.91 Å². The van der Waals surface area contributed by atoms with Crippen LogP contribution in [0.15, 0.2) is 57.8 Å². The number of amides is 1. The van der Waals surface area contributed by atoms with Crippen molar-refractivity contribution in [1.29, 1.82) is 0 Å². The molecule has 0 fully saturated rings. The van der Waals surface area contributed by atoms with Gasteiger partial charge in [0.15, 0.2) is 23.0 Å². The molecule has 0 atom stereocenters. The molecule has 0 aliphatic carbocycles. The molecule has 0 saturated carbocycles. The summed E-state index contributed by atoms with van der Waals surface area (Å²) in [6, 6.07) is 12.6.